The van der Waals surface area contributed by atoms with Crippen LogP contribution in [0, 0.1) is 0 Å². The van der Waals surface area contributed by atoms with Gasteiger partial charge in [0.05, 0.1) is 19.3 Å². The van der Waals surface area contributed by atoms with Crippen LogP contribution >= 0.6 is 0 Å². The second-order valence-electron chi connectivity index (χ2n) is 4.67. The molecule has 20 heavy (non-hydrogen) atoms. The quantitative estimate of drug-likeness (QED) is 0.703. The number of hydrogen-bond donors (Lipinski definition) is 0. The lowest BCUT2D eigenvalue weighted by atomic mass is 10.2. The fraction of sp³-hybridized carbons (Fsp3) is 0.636. The number of aryl methyl sites for hydroxylation is 1. The molecule has 0 unspecified atom stereocenters. The Hall–Kier alpha value is -2.32. The third-order valence-corrected chi connectivity index (χ3v) is 3.05. The van der Waals surface area contributed by atoms with Crippen molar-refractivity contribution in [3.05, 3.63) is 17.2 Å². The number of tetrazole rings is 1. The van der Waals surface area contributed by atoms with E-state index in [2.05, 4.69) is 25.7 Å². The van der Waals surface area contributed by atoms with Gasteiger partial charge in [-0.1, -0.05) is 5.21 Å². The minimum Gasteiger partial charge on any atom is -0.461 e. The van der Waals surface area contributed by atoms with Crippen LogP contribution in [0.5, 0.6) is 0 Å². The van der Waals surface area contributed by atoms with Gasteiger partial charge in [0, 0.05) is 5.92 Å². The van der Waals surface area contributed by atoms with Crippen LogP contribution in [0.1, 0.15) is 47.7 Å². The van der Waals surface area contributed by atoms with Gasteiger partial charge in [0.15, 0.2) is 11.5 Å². The Bertz CT molecular complexity index is 629. The van der Waals surface area contributed by atoms with Crippen molar-refractivity contribution >= 4 is 5.97 Å². The fourth-order valence-corrected chi connectivity index (χ4v) is 2.06. The van der Waals surface area contributed by atoms with Crippen molar-refractivity contribution in [3.8, 4) is 0 Å². The van der Waals surface area contributed by atoms with Gasteiger partial charge >= 0.3 is 5.97 Å². The van der Waals surface area contributed by atoms with Crippen LogP contribution < -0.4 is 0 Å². The van der Waals surface area contributed by atoms with Crippen LogP contribution in [0.2, 0.25) is 0 Å². The molecule has 0 atom stereocenters. The molecule has 0 bridgehead atoms. The predicted octanol–water partition coefficient (Wildman–Crippen LogP) is -0.0960. The second kappa shape index (κ2) is 4.99. The Morgan fingerprint density at radius 3 is 2.75 bits per heavy atom. The number of ether oxygens (including phenoxy) is 1. The van der Waals surface area contributed by atoms with Crippen LogP contribution in [-0.4, -0.2) is 47.8 Å². The zero-order valence-electron chi connectivity index (χ0n) is 11.4. The highest BCUT2D eigenvalue weighted by atomic mass is 16.5. The minimum atomic E-state index is -0.423. The molecule has 0 radical (unpaired) electrons. The molecular formula is C11H15N7O2. The van der Waals surface area contributed by atoms with E-state index in [1.807, 2.05) is 0 Å². The van der Waals surface area contributed by atoms with E-state index in [1.165, 1.54) is 4.80 Å². The lowest BCUT2D eigenvalue weighted by Gasteiger charge is -2.04. The molecule has 9 heteroatoms. The van der Waals surface area contributed by atoms with Gasteiger partial charge in [0.1, 0.15) is 6.54 Å². The number of esters is 1. The Labute approximate surface area is 114 Å². The van der Waals surface area contributed by atoms with E-state index in [9.17, 15) is 4.79 Å². The molecule has 0 spiro atoms. The summed E-state index contributed by atoms with van der Waals surface area (Å²) in [6, 6.07) is 0. The van der Waals surface area contributed by atoms with E-state index in [1.54, 1.807) is 18.7 Å². The fourth-order valence-electron chi connectivity index (χ4n) is 2.06. The zero-order chi connectivity index (χ0) is 14.1. The van der Waals surface area contributed by atoms with E-state index in [4.69, 9.17) is 4.74 Å². The van der Waals surface area contributed by atoms with Crippen molar-refractivity contribution in [2.45, 2.75) is 32.2 Å². The normalized spacial score (nSPS) is 14.5. The molecule has 0 saturated heterocycles. The van der Waals surface area contributed by atoms with E-state index >= 15 is 0 Å². The monoisotopic (exact) mass is 277 g/mol. The maximum atomic E-state index is 11.9. The molecule has 1 aliphatic rings. The summed E-state index contributed by atoms with van der Waals surface area (Å²) in [5.41, 5.74) is 1.12. The van der Waals surface area contributed by atoms with Gasteiger partial charge < -0.3 is 4.74 Å². The summed E-state index contributed by atoms with van der Waals surface area (Å²) in [6.45, 7) is 2.44. The Morgan fingerprint density at radius 2 is 2.15 bits per heavy atom. The van der Waals surface area contributed by atoms with Gasteiger partial charge in [-0.3, -0.25) is 0 Å². The number of nitrogens with zero attached hydrogens (tertiary/aromatic N) is 7. The molecule has 106 valence electrons. The summed E-state index contributed by atoms with van der Waals surface area (Å²) in [5, 5.41) is 19.8. The highest BCUT2D eigenvalue weighted by Crippen LogP contribution is 2.41. The molecule has 0 aliphatic heterocycles. The average Bonchev–Trinajstić information content (AvgIpc) is 3.05. The molecule has 0 amide bonds. The molecule has 3 rings (SSSR count). The molecule has 9 nitrogen and oxygen atoms in total. The van der Waals surface area contributed by atoms with Crippen molar-refractivity contribution in [2.75, 3.05) is 6.61 Å². The van der Waals surface area contributed by atoms with Crippen molar-refractivity contribution in [2.24, 2.45) is 7.05 Å². The summed E-state index contributed by atoms with van der Waals surface area (Å²) >= 11 is 0. The molecule has 1 fully saturated rings. The minimum absolute atomic E-state index is 0.304. The largest absolute Gasteiger partial charge is 0.461 e. The molecule has 1 aliphatic carbocycles. The molecule has 0 aromatic carbocycles. The Morgan fingerprint density at radius 1 is 1.35 bits per heavy atom. The van der Waals surface area contributed by atoms with Gasteiger partial charge in [0.2, 0.25) is 0 Å². The molecule has 2 aromatic heterocycles. The predicted molar refractivity (Wildman–Crippen MR) is 65.9 cm³/mol. The van der Waals surface area contributed by atoms with Gasteiger partial charge in [-0.2, -0.15) is 4.80 Å². The maximum Gasteiger partial charge on any atom is 0.360 e. The highest BCUT2D eigenvalue weighted by molar-refractivity contribution is 5.88. The first-order chi connectivity index (χ1) is 9.69. The second-order valence-corrected chi connectivity index (χ2v) is 4.67. The standard InChI is InChI=1S/C11H15N7O2/c1-3-20-11(19)9-10(7-4-5-7)18(16-13-9)6-8-12-15-17(2)14-8/h7H,3-6H2,1-2H3. The Balaban J connectivity index is 1.89. The van der Waals surface area contributed by atoms with E-state index < -0.39 is 5.97 Å². The zero-order valence-corrected chi connectivity index (χ0v) is 11.4. The smallest absolute Gasteiger partial charge is 0.360 e. The number of aromatic nitrogens is 7. The summed E-state index contributed by atoms with van der Waals surface area (Å²) in [4.78, 5) is 13.3. The van der Waals surface area contributed by atoms with Crippen LogP contribution in [-0.2, 0) is 18.3 Å². The van der Waals surface area contributed by atoms with Crippen LogP contribution in [0.25, 0.3) is 0 Å². The number of carbonyl (C=O) groups is 1. The van der Waals surface area contributed by atoms with Gasteiger partial charge in [0.25, 0.3) is 0 Å². The van der Waals surface area contributed by atoms with Crippen molar-refractivity contribution in [1.82, 2.24) is 35.2 Å². The van der Waals surface area contributed by atoms with Gasteiger partial charge in [-0.15, -0.1) is 15.3 Å². The SMILES string of the molecule is CCOC(=O)c1nnn(Cc2nnn(C)n2)c1C1CC1. The third-order valence-electron chi connectivity index (χ3n) is 3.05. The topological polar surface area (TPSA) is 101 Å². The van der Waals surface area contributed by atoms with E-state index in [0.29, 0.717) is 30.6 Å². The van der Waals surface area contributed by atoms with Gasteiger partial charge in [-0.25, -0.2) is 9.48 Å². The van der Waals surface area contributed by atoms with E-state index in [-0.39, 0.29) is 0 Å². The number of hydrogen-bond acceptors (Lipinski definition) is 7. The highest BCUT2D eigenvalue weighted by Gasteiger charge is 2.34. The molecule has 2 heterocycles. The van der Waals surface area contributed by atoms with Crippen molar-refractivity contribution < 1.29 is 9.53 Å². The lowest BCUT2D eigenvalue weighted by molar-refractivity contribution is 0.0518. The third kappa shape index (κ3) is 2.38. The first-order valence-electron chi connectivity index (χ1n) is 6.52. The Kier molecular flexibility index (Phi) is 3.17. The van der Waals surface area contributed by atoms with Crippen LogP contribution in [0.4, 0.5) is 0 Å². The summed E-state index contributed by atoms with van der Waals surface area (Å²) < 4.78 is 6.68. The first-order valence-corrected chi connectivity index (χ1v) is 6.52. The van der Waals surface area contributed by atoms with Gasteiger partial charge in [-0.05, 0) is 25.0 Å². The lowest BCUT2D eigenvalue weighted by Crippen LogP contribution is -2.11. The van der Waals surface area contributed by atoms with Crippen LogP contribution in [0.15, 0.2) is 0 Å². The molecule has 0 N–H and O–H groups in total. The summed E-state index contributed by atoms with van der Waals surface area (Å²) in [6.07, 6.45) is 2.07. The maximum absolute atomic E-state index is 11.9. The van der Waals surface area contributed by atoms with Crippen molar-refractivity contribution in [3.63, 3.8) is 0 Å². The average molecular weight is 277 g/mol. The molecule has 1 saturated carbocycles. The van der Waals surface area contributed by atoms with Crippen molar-refractivity contribution in [1.29, 1.82) is 0 Å². The number of rotatable bonds is 5. The first kappa shape index (κ1) is 12.7. The molecular weight excluding hydrogens is 262 g/mol. The number of carbonyl (C=O) groups excluding carboxylic acids is 1. The summed E-state index contributed by atoms with van der Waals surface area (Å²) in [5.74, 6) is 0.434. The van der Waals surface area contributed by atoms with E-state index in [0.717, 1.165) is 18.5 Å². The molecule has 2 aromatic rings. The summed E-state index contributed by atoms with van der Waals surface area (Å²) in [7, 11) is 1.70. The van der Waals surface area contributed by atoms with Crippen LogP contribution in [0.3, 0.4) is 0 Å².